The van der Waals surface area contributed by atoms with Gasteiger partial charge in [-0.05, 0) is 25.0 Å². The third-order valence-corrected chi connectivity index (χ3v) is 3.85. The Morgan fingerprint density at radius 1 is 1.16 bits per heavy atom. The highest BCUT2D eigenvalue weighted by Gasteiger charge is 2.65. The van der Waals surface area contributed by atoms with Crippen LogP contribution >= 0.6 is 0 Å². The Morgan fingerprint density at radius 3 is 2.42 bits per heavy atom. The van der Waals surface area contributed by atoms with Gasteiger partial charge in [-0.15, -0.1) is 0 Å². The third-order valence-electron chi connectivity index (χ3n) is 3.85. The summed E-state index contributed by atoms with van der Waals surface area (Å²) in [5, 5.41) is 0. The molecule has 6 heteroatoms. The van der Waals surface area contributed by atoms with Gasteiger partial charge in [-0.1, -0.05) is 6.07 Å². The van der Waals surface area contributed by atoms with Crippen molar-refractivity contribution < 1.29 is 17.9 Å². The van der Waals surface area contributed by atoms with Gasteiger partial charge in [-0.25, -0.2) is 4.98 Å². The number of hydrogen-bond donors (Lipinski definition) is 0. The minimum atomic E-state index is -4.20. The van der Waals surface area contributed by atoms with Crippen molar-refractivity contribution in [3.63, 3.8) is 0 Å². The highest BCUT2D eigenvalue weighted by Crippen LogP contribution is 2.58. The summed E-state index contributed by atoms with van der Waals surface area (Å²) in [5.74, 6) is 0.622. The topological polar surface area (TPSA) is 25.4 Å². The lowest BCUT2D eigenvalue weighted by molar-refractivity contribution is -0.161. The second-order valence-electron chi connectivity index (χ2n) is 5.06. The number of pyridine rings is 1. The van der Waals surface area contributed by atoms with Crippen LogP contribution in [0, 0.1) is 0 Å². The second kappa shape index (κ2) is 4.37. The van der Waals surface area contributed by atoms with E-state index in [0.717, 1.165) is 0 Å². The first kappa shape index (κ1) is 12.7. The van der Waals surface area contributed by atoms with Gasteiger partial charge in [0.15, 0.2) is 0 Å². The van der Waals surface area contributed by atoms with Crippen LogP contribution in [0.3, 0.4) is 0 Å². The molecule has 0 radical (unpaired) electrons. The number of rotatable bonds is 2. The molecule has 3 rings (SSSR count). The molecule has 1 aliphatic heterocycles. The average Bonchev–Trinajstić information content (AvgIpc) is 3.21. The van der Waals surface area contributed by atoms with Gasteiger partial charge in [-0.2, -0.15) is 13.2 Å². The minimum Gasteiger partial charge on any atom is -0.378 e. The molecular formula is C13H15F3N2O. The zero-order chi connectivity index (χ0) is 13.5. The number of nitrogens with zero attached hydrogens (tertiary/aromatic N) is 2. The lowest BCUT2D eigenvalue weighted by atomic mass is 10.0. The highest BCUT2D eigenvalue weighted by molar-refractivity contribution is 5.42. The van der Waals surface area contributed by atoms with E-state index in [4.69, 9.17) is 4.74 Å². The molecule has 19 heavy (non-hydrogen) atoms. The molecule has 1 aromatic heterocycles. The van der Waals surface area contributed by atoms with E-state index in [2.05, 4.69) is 4.98 Å². The Morgan fingerprint density at radius 2 is 1.84 bits per heavy atom. The first-order valence-electron chi connectivity index (χ1n) is 6.40. The van der Waals surface area contributed by atoms with Gasteiger partial charge in [0.05, 0.1) is 18.9 Å². The summed E-state index contributed by atoms with van der Waals surface area (Å²) in [7, 11) is 0. The van der Waals surface area contributed by atoms with Crippen LogP contribution in [0.4, 0.5) is 19.0 Å². The number of aromatic nitrogens is 1. The van der Waals surface area contributed by atoms with Crippen molar-refractivity contribution in [1.82, 2.24) is 4.98 Å². The van der Waals surface area contributed by atoms with E-state index in [1.807, 2.05) is 4.90 Å². The van der Waals surface area contributed by atoms with Gasteiger partial charge in [-0.3, -0.25) is 0 Å². The average molecular weight is 272 g/mol. The number of halogens is 3. The van der Waals surface area contributed by atoms with Crippen molar-refractivity contribution in [3.8, 4) is 0 Å². The van der Waals surface area contributed by atoms with Crippen LogP contribution in [0.1, 0.15) is 18.5 Å². The van der Waals surface area contributed by atoms with Crippen LogP contribution in [0.5, 0.6) is 0 Å². The molecular weight excluding hydrogens is 257 g/mol. The molecule has 0 unspecified atom stereocenters. The minimum absolute atomic E-state index is 0.149. The summed E-state index contributed by atoms with van der Waals surface area (Å²) in [5.41, 5.74) is -1.54. The number of anilines is 1. The largest absolute Gasteiger partial charge is 0.399 e. The molecule has 1 saturated carbocycles. The van der Waals surface area contributed by atoms with E-state index in [-0.39, 0.29) is 18.5 Å². The van der Waals surface area contributed by atoms with E-state index in [9.17, 15) is 13.2 Å². The molecule has 1 aromatic rings. The fourth-order valence-corrected chi connectivity index (χ4v) is 2.47. The summed E-state index contributed by atoms with van der Waals surface area (Å²) in [6.45, 7) is 2.54. The molecule has 104 valence electrons. The van der Waals surface area contributed by atoms with Crippen LogP contribution < -0.4 is 4.90 Å². The van der Waals surface area contributed by atoms with Crippen molar-refractivity contribution in [3.05, 3.63) is 23.9 Å². The predicted molar refractivity (Wildman–Crippen MR) is 64.2 cm³/mol. The number of hydrogen-bond acceptors (Lipinski definition) is 3. The van der Waals surface area contributed by atoms with Crippen LogP contribution in [-0.2, 0) is 10.2 Å². The molecule has 0 aromatic carbocycles. The molecule has 0 amide bonds. The van der Waals surface area contributed by atoms with E-state index in [1.54, 1.807) is 12.1 Å². The fraction of sp³-hybridized carbons (Fsp3) is 0.615. The van der Waals surface area contributed by atoms with Crippen LogP contribution in [0.25, 0.3) is 0 Å². The predicted octanol–water partition coefficient (Wildman–Crippen LogP) is 2.51. The maximum absolute atomic E-state index is 13.1. The maximum atomic E-state index is 13.1. The molecule has 1 saturated heterocycles. The summed E-state index contributed by atoms with van der Waals surface area (Å²) in [4.78, 5) is 6.22. The Balaban J connectivity index is 1.88. The number of ether oxygens (including phenoxy) is 1. The Labute approximate surface area is 109 Å². The smallest absolute Gasteiger partial charge is 0.378 e. The molecule has 0 bridgehead atoms. The molecule has 0 atom stereocenters. The summed E-state index contributed by atoms with van der Waals surface area (Å²) < 4.78 is 44.5. The Kier molecular flexibility index (Phi) is 2.92. The van der Waals surface area contributed by atoms with Crippen LogP contribution in [-0.4, -0.2) is 37.5 Å². The van der Waals surface area contributed by atoms with Gasteiger partial charge >= 0.3 is 6.18 Å². The zero-order valence-electron chi connectivity index (χ0n) is 10.4. The molecule has 2 fully saturated rings. The van der Waals surface area contributed by atoms with Crippen molar-refractivity contribution in [1.29, 1.82) is 0 Å². The van der Waals surface area contributed by atoms with Crippen molar-refractivity contribution >= 4 is 5.82 Å². The third kappa shape index (κ3) is 2.18. The second-order valence-corrected chi connectivity index (χ2v) is 5.06. The van der Waals surface area contributed by atoms with Gasteiger partial charge in [0, 0.05) is 13.1 Å². The SMILES string of the molecule is FC(F)(F)C1(c2cccc(N3CCOCC3)n2)CC1. The van der Waals surface area contributed by atoms with Gasteiger partial charge in [0.1, 0.15) is 11.2 Å². The van der Waals surface area contributed by atoms with Crippen LogP contribution in [0.15, 0.2) is 18.2 Å². The normalized spacial score (nSPS) is 22.4. The quantitative estimate of drug-likeness (QED) is 0.827. The van der Waals surface area contributed by atoms with Crippen molar-refractivity contribution in [2.45, 2.75) is 24.4 Å². The van der Waals surface area contributed by atoms with E-state index in [1.165, 1.54) is 6.07 Å². The Bertz CT molecular complexity index is 465. The molecule has 0 N–H and O–H groups in total. The van der Waals surface area contributed by atoms with Gasteiger partial charge in [0.25, 0.3) is 0 Å². The maximum Gasteiger partial charge on any atom is 0.399 e. The fourth-order valence-electron chi connectivity index (χ4n) is 2.47. The van der Waals surface area contributed by atoms with Crippen molar-refractivity contribution in [2.75, 3.05) is 31.2 Å². The molecule has 3 nitrogen and oxygen atoms in total. The number of morpholine rings is 1. The lowest BCUT2D eigenvalue weighted by Crippen LogP contribution is -2.37. The van der Waals surface area contributed by atoms with E-state index >= 15 is 0 Å². The van der Waals surface area contributed by atoms with Crippen molar-refractivity contribution in [2.24, 2.45) is 0 Å². The molecule has 0 spiro atoms. The molecule has 2 aliphatic rings. The first-order chi connectivity index (χ1) is 9.03. The standard InChI is InChI=1S/C13H15F3N2O/c14-13(15,16)12(4-5-12)10-2-1-3-11(17-10)18-6-8-19-9-7-18/h1-3H,4-9H2. The lowest BCUT2D eigenvalue weighted by Gasteiger charge is -2.29. The molecule has 1 aliphatic carbocycles. The monoisotopic (exact) mass is 272 g/mol. The first-order valence-corrected chi connectivity index (χ1v) is 6.40. The zero-order valence-corrected chi connectivity index (χ0v) is 10.4. The highest BCUT2D eigenvalue weighted by atomic mass is 19.4. The summed E-state index contributed by atoms with van der Waals surface area (Å²) in [6, 6.07) is 4.92. The van der Waals surface area contributed by atoms with Gasteiger partial charge < -0.3 is 9.64 Å². The van der Waals surface area contributed by atoms with E-state index < -0.39 is 11.6 Å². The van der Waals surface area contributed by atoms with Crippen LogP contribution in [0.2, 0.25) is 0 Å². The Hall–Kier alpha value is -1.30. The number of alkyl halides is 3. The van der Waals surface area contributed by atoms with Gasteiger partial charge in [0.2, 0.25) is 0 Å². The summed E-state index contributed by atoms with van der Waals surface area (Å²) in [6.07, 6.45) is -3.91. The molecule has 2 heterocycles. The summed E-state index contributed by atoms with van der Waals surface area (Å²) >= 11 is 0. The van der Waals surface area contributed by atoms with E-state index in [0.29, 0.717) is 32.1 Å².